The van der Waals surface area contributed by atoms with E-state index in [4.69, 9.17) is 0 Å². The van der Waals surface area contributed by atoms with E-state index in [0.29, 0.717) is 0 Å². The third-order valence-corrected chi connectivity index (χ3v) is 3.88. The summed E-state index contributed by atoms with van der Waals surface area (Å²) in [6.45, 7) is 14.6. The normalized spacial score (nSPS) is 12.8. The van der Waals surface area contributed by atoms with Crippen molar-refractivity contribution in [1.29, 1.82) is 0 Å². The van der Waals surface area contributed by atoms with E-state index >= 15 is 0 Å². The van der Waals surface area contributed by atoms with E-state index in [1.54, 1.807) is 0 Å². The monoisotopic (exact) mass is 311 g/mol. The van der Waals surface area contributed by atoms with Gasteiger partial charge in [0.15, 0.2) is 0 Å². The smallest absolute Gasteiger partial charge is 0.0517 e. The number of nitrogens with one attached hydrogen (secondary N) is 1. The summed E-state index contributed by atoms with van der Waals surface area (Å²) in [6.07, 6.45) is 0. The molecule has 0 saturated heterocycles. The maximum absolute atomic E-state index is 3.42. The lowest BCUT2D eigenvalue weighted by molar-refractivity contribution is 0.487. The van der Waals surface area contributed by atoms with Crippen LogP contribution in [0.4, 0.5) is 0 Å². The van der Waals surface area contributed by atoms with Crippen LogP contribution >= 0.6 is 15.9 Å². The molecular weight excluding hydrogens is 286 g/mol. The minimum absolute atomic E-state index is 0.161. The SMILES string of the molecule is Cc1cc(C(C)(C)C)ccc1C(C)(C)CNCBr. The zero-order valence-corrected chi connectivity index (χ0v) is 14.1. The number of rotatable bonds is 4. The Morgan fingerprint density at radius 2 is 1.72 bits per heavy atom. The van der Waals surface area contributed by atoms with Crippen molar-refractivity contribution < 1.29 is 0 Å². The van der Waals surface area contributed by atoms with E-state index in [1.807, 2.05) is 0 Å². The third-order valence-electron chi connectivity index (χ3n) is 3.48. The molecule has 0 aliphatic heterocycles. The molecular formula is C16H26BrN. The molecule has 0 bridgehead atoms. The van der Waals surface area contributed by atoms with Crippen molar-refractivity contribution in [3.05, 3.63) is 34.9 Å². The highest BCUT2D eigenvalue weighted by molar-refractivity contribution is 9.09. The van der Waals surface area contributed by atoms with E-state index in [-0.39, 0.29) is 10.8 Å². The summed E-state index contributed by atoms with van der Waals surface area (Å²) in [5.74, 6) is 0. The van der Waals surface area contributed by atoms with Gasteiger partial charge in [0.2, 0.25) is 0 Å². The fraction of sp³-hybridized carbons (Fsp3) is 0.625. The van der Waals surface area contributed by atoms with Gasteiger partial charge in [0.05, 0.1) is 5.45 Å². The minimum atomic E-state index is 0.161. The van der Waals surface area contributed by atoms with Gasteiger partial charge in [-0.15, -0.1) is 0 Å². The molecule has 1 nitrogen and oxygen atoms in total. The Kier molecular flexibility index (Phi) is 5.02. The van der Waals surface area contributed by atoms with Crippen LogP contribution in [0, 0.1) is 6.92 Å². The molecule has 102 valence electrons. The van der Waals surface area contributed by atoms with Crippen molar-refractivity contribution >= 4 is 15.9 Å². The zero-order valence-electron chi connectivity index (χ0n) is 12.5. The first-order valence-electron chi connectivity index (χ1n) is 6.57. The van der Waals surface area contributed by atoms with Crippen LogP contribution in [0.25, 0.3) is 0 Å². The van der Waals surface area contributed by atoms with Crippen molar-refractivity contribution in [1.82, 2.24) is 5.32 Å². The Bertz CT molecular complexity index is 402. The first kappa shape index (κ1) is 15.7. The highest BCUT2D eigenvalue weighted by Gasteiger charge is 2.23. The molecule has 1 aromatic rings. The first-order chi connectivity index (χ1) is 8.18. The Balaban J connectivity index is 3.05. The highest BCUT2D eigenvalue weighted by atomic mass is 79.9. The average molecular weight is 312 g/mol. The fourth-order valence-electron chi connectivity index (χ4n) is 2.34. The summed E-state index contributed by atoms with van der Waals surface area (Å²) in [5, 5.41) is 3.38. The predicted octanol–water partition coefficient (Wildman–Crippen LogP) is 4.51. The maximum Gasteiger partial charge on any atom is 0.0517 e. The molecule has 1 aromatic carbocycles. The number of hydrogen-bond acceptors (Lipinski definition) is 1. The van der Waals surface area contributed by atoms with Crippen LogP contribution < -0.4 is 5.32 Å². The predicted molar refractivity (Wildman–Crippen MR) is 84.7 cm³/mol. The molecule has 0 aliphatic rings. The Labute approximate surface area is 120 Å². The molecule has 1 rings (SSSR count). The highest BCUT2D eigenvalue weighted by Crippen LogP contribution is 2.30. The molecule has 0 amide bonds. The third kappa shape index (κ3) is 3.83. The summed E-state index contributed by atoms with van der Waals surface area (Å²) in [4.78, 5) is 0. The number of hydrogen-bond donors (Lipinski definition) is 1. The molecule has 0 atom stereocenters. The van der Waals surface area contributed by atoms with Crippen LogP contribution in [0.5, 0.6) is 0 Å². The Morgan fingerprint density at radius 1 is 1.11 bits per heavy atom. The van der Waals surface area contributed by atoms with Gasteiger partial charge in [-0.1, -0.05) is 68.7 Å². The van der Waals surface area contributed by atoms with Crippen molar-refractivity contribution in [2.75, 3.05) is 12.0 Å². The van der Waals surface area contributed by atoms with Crippen LogP contribution in [0.1, 0.15) is 51.3 Å². The van der Waals surface area contributed by atoms with E-state index in [1.165, 1.54) is 16.7 Å². The van der Waals surface area contributed by atoms with Gasteiger partial charge in [-0.2, -0.15) is 0 Å². The van der Waals surface area contributed by atoms with Gasteiger partial charge in [-0.3, -0.25) is 0 Å². The van der Waals surface area contributed by atoms with Crippen LogP contribution in [0.3, 0.4) is 0 Å². The van der Waals surface area contributed by atoms with Gasteiger partial charge in [-0.25, -0.2) is 0 Å². The standard InChI is InChI=1S/C16H26BrN/c1-12-9-13(15(2,3)4)7-8-14(12)16(5,6)10-18-11-17/h7-9,18H,10-11H2,1-6H3. The van der Waals surface area contributed by atoms with Gasteiger partial charge < -0.3 is 5.32 Å². The number of aryl methyl sites for hydroxylation is 1. The van der Waals surface area contributed by atoms with Gasteiger partial charge in [0, 0.05) is 12.0 Å². The van der Waals surface area contributed by atoms with Gasteiger partial charge >= 0.3 is 0 Å². The van der Waals surface area contributed by atoms with Crippen LogP contribution in [0.15, 0.2) is 18.2 Å². The summed E-state index contributed by atoms with van der Waals surface area (Å²) in [5.41, 5.74) is 5.46. The van der Waals surface area contributed by atoms with Crippen molar-refractivity contribution in [2.24, 2.45) is 0 Å². The lowest BCUT2D eigenvalue weighted by atomic mass is 9.78. The topological polar surface area (TPSA) is 12.0 Å². The molecule has 0 saturated carbocycles. The zero-order chi connectivity index (χ0) is 14.0. The van der Waals surface area contributed by atoms with Crippen molar-refractivity contribution in [2.45, 2.75) is 52.4 Å². The van der Waals surface area contributed by atoms with E-state index in [2.05, 4.69) is 81.0 Å². The number of benzene rings is 1. The molecule has 0 spiro atoms. The summed E-state index contributed by atoms with van der Waals surface area (Å²) in [6, 6.07) is 6.91. The quantitative estimate of drug-likeness (QED) is 0.637. The Morgan fingerprint density at radius 3 is 2.17 bits per heavy atom. The molecule has 0 heterocycles. The van der Waals surface area contributed by atoms with Gasteiger partial charge in [0.1, 0.15) is 0 Å². The van der Waals surface area contributed by atoms with E-state index in [9.17, 15) is 0 Å². The first-order valence-corrected chi connectivity index (χ1v) is 7.69. The van der Waals surface area contributed by atoms with Crippen LogP contribution in [0.2, 0.25) is 0 Å². The average Bonchev–Trinajstić information content (AvgIpc) is 2.24. The Hall–Kier alpha value is -0.340. The van der Waals surface area contributed by atoms with Crippen molar-refractivity contribution in [3.8, 4) is 0 Å². The van der Waals surface area contributed by atoms with Gasteiger partial charge in [-0.05, 0) is 29.0 Å². The molecule has 0 fully saturated rings. The van der Waals surface area contributed by atoms with Crippen LogP contribution in [-0.4, -0.2) is 12.0 Å². The summed E-state index contributed by atoms with van der Waals surface area (Å²) in [7, 11) is 0. The molecule has 0 unspecified atom stereocenters. The van der Waals surface area contributed by atoms with E-state index < -0.39 is 0 Å². The molecule has 0 aliphatic carbocycles. The van der Waals surface area contributed by atoms with E-state index in [0.717, 1.165) is 12.0 Å². The summed E-state index contributed by atoms with van der Waals surface area (Å²) < 4.78 is 0. The number of alkyl halides is 1. The summed E-state index contributed by atoms with van der Waals surface area (Å²) >= 11 is 3.42. The van der Waals surface area contributed by atoms with Gasteiger partial charge in [0.25, 0.3) is 0 Å². The lowest BCUT2D eigenvalue weighted by Crippen LogP contribution is -2.33. The molecule has 0 aromatic heterocycles. The lowest BCUT2D eigenvalue weighted by Gasteiger charge is -2.29. The van der Waals surface area contributed by atoms with Crippen LogP contribution in [-0.2, 0) is 10.8 Å². The molecule has 18 heavy (non-hydrogen) atoms. The second-order valence-corrected chi connectivity index (χ2v) is 7.28. The number of halogens is 1. The second kappa shape index (κ2) is 5.75. The fourth-order valence-corrected chi connectivity index (χ4v) is 2.54. The molecule has 2 heteroatoms. The second-order valence-electron chi connectivity index (χ2n) is 6.72. The molecule has 0 radical (unpaired) electrons. The van der Waals surface area contributed by atoms with Crippen molar-refractivity contribution in [3.63, 3.8) is 0 Å². The maximum atomic E-state index is 3.42. The minimum Gasteiger partial charge on any atom is -0.306 e. The largest absolute Gasteiger partial charge is 0.306 e. The molecule has 1 N–H and O–H groups in total.